The number of nitrogens with zero attached hydrogens (tertiary/aromatic N) is 4. The van der Waals surface area contributed by atoms with Crippen LogP contribution in [-0.2, 0) is 19.4 Å². The minimum atomic E-state index is 0.135. The molecule has 0 bridgehead atoms. The molecule has 0 saturated carbocycles. The lowest BCUT2D eigenvalue weighted by molar-refractivity contribution is 0.0753. The van der Waals surface area contributed by atoms with Gasteiger partial charge >= 0.3 is 0 Å². The Bertz CT molecular complexity index is 597. The van der Waals surface area contributed by atoms with Crippen LogP contribution in [-0.4, -0.2) is 58.7 Å². The van der Waals surface area contributed by atoms with Gasteiger partial charge in [-0.3, -0.25) is 9.48 Å². The van der Waals surface area contributed by atoms with Gasteiger partial charge in [0.2, 0.25) is 0 Å². The third kappa shape index (κ3) is 3.41. The molecule has 1 aromatic heterocycles. The van der Waals surface area contributed by atoms with Crippen molar-refractivity contribution in [1.29, 1.82) is 0 Å². The Hall–Kier alpha value is -1.62. The smallest absolute Gasteiger partial charge is 0.274 e. The average molecular weight is 330 g/mol. The van der Waals surface area contributed by atoms with Gasteiger partial charge in [-0.1, -0.05) is 18.9 Å². The van der Waals surface area contributed by atoms with Crippen LogP contribution in [0, 0.1) is 0 Å². The summed E-state index contributed by atoms with van der Waals surface area (Å²) in [6.45, 7) is 6.27. The van der Waals surface area contributed by atoms with Crippen molar-refractivity contribution in [2.24, 2.45) is 0 Å². The number of amides is 1. The molecular formula is C19H30N4O. The van der Waals surface area contributed by atoms with Crippen LogP contribution in [0.3, 0.4) is 0 Å². The van der Waals surface area contributed by atoms with E-state index in [0.29, 0.717) is 18.3 Å². The van der Waals surface area contributed by atoms with Crippen LogP contribution < -0.4 is 0 Å². The number of allylic oxidation sites excluding steroid dienone is 1. The van der Waals surface area contributed by atoms with Gasteiger partial charge in [0.25, 0.3) is 5.91 Å². The van der Waals surface area contributed by atoms with Gasteiger partial charge in [0.05, 0.1) is 6.54 Å². The number of carbonyl (C=O) groups excluding carboxylic acids is 1. The highest BCUT2D eigenvalue weighted by Gasteiger charge is 2.31. The van der Waals surface area contributed by atoms with Crippen molar-refractivity contribution in [3.05, 3.63) is 29.6 Å². The predicted octanol–water partition coefficient (Wildman–Crippen LogP) is 2.50. The fourth-order valence-electron chi connectivity index (χ4n) is 3.98. The molecule has 0 aromatic carbocycles. The molecule has 1 fully saturated rings. The van der Waals surface area contributed by atoms with E-state index in [1.54, 1.807) is 0 Å². The van der Waals surface area contributed by atoms with E-state index in [1.165, 1.54) is 24.1 Å². The van der Waals surface area contributed by atoms with Crippen molar-refractivity contribution in [1.82, 2.24) is 19.6 Å². The summed E-state index contributed by atoms with van der Waals surface area (Å²) in [5.41, 5.74) is 3.11. The number of likely N-dealkylation sites (N-methyl/N-ethyl adjacent to an activating group) is 1. The molecule has 0 N–H and O–H groups in total. The van der Waals surface area contributed by atoms with Gasteiger partial charge in [-0.05, 0) is 46.2 Å². The van der Waals surface area contributed by atoms with Crippen LogP contribution in [0.5, 0.6) is 0 Å². The van der Waals surface area contributed by atoms with Crippen molar-refractivity contribution < 1.29 is 4.79 Å². The molecule has 1 aliphatic heterocycles. The summed E-state index contributed by atoms with van der Waals surface area (Å²) < 4.78 is 2.00. The van der Waals surface area contributed by atoms with E-state index in [9.17, 15) is 4.79 Å². The molecule has 132 valence electrons. The van der Waals surface area contributed by atoms with E-state index in [1.807, 2.05) is 15.7 Å². The maximum absolute atomic E-state index is 13.1. The zero-order valence-corrected chi connectivity index (χ0v) is 15.1. The van der Waals surface area contributed by atoms with Crippen molar-refractivity contribution in [2.45, 2.75) is 57.5 Å². The highest BCUT2D eigenvalue weighted by Crippen LogP contribution is 2.28. The Morgan fingerprint density at radius 1 is 1.29 bits per heavy atom. The molecular weight excluding hydrogens is 300 g/mol. The Labute approximate surface area is 145 Å². The van der Waals surface area contributed by atoms with Gasteiger partial charge in [-0.15, -0.1) is 6.58 Å². The molecule has 1 unspecified atom stereocenters. The third-order valence-electron chi connectivity index (χ3n) is 5.45. The summed E-state index contributed by atoms with van der Waals surface area (Å²) in [4.78, 5) is 17.4. The Balaban J connectivity index is 1.91. The lowest BCUT2D eigenvalue weighted by Gasteiger charge is -2.29. The molecule has 1 amide bonds. The highest BCUT2D eigenvalue weighted by atomic mass is 16.2. The first-order valence-electron chi connectivity index (χ1n) is 9.27. The maximum atomic E-state index is 13.1. The quantitative estimate of drug-likeness (QED) is 0.797. The van der Waals surface area contributed by atoms with Gasteiger partial charge in [0, 0.05) is 30.4 Å². The molecule has 1 aliphatic carbocycles. The second-order valence-corrected chi connectivity index (χ2v) is 7.31. The topological polar surface area (TPSA) is 41.4 Å². The molecule has 1 saturated heterocycles. The van der Waals surface area contributed by atoms with Crippen LogP contribution in [0.2, 0.25) is 0 Å². The lowest BCUT2D eigenvalue weighted by Crippen LogP contribution is -2.36. The number of rotatable bonds is 4. The first kappa shape index (κ1) is 17.2. The Kier molecular flexibility index (Phi) is 5.39. The summed E-state index contributed by atoms with van der Waals surface area (Å²) in [7, 11) is 4.25. The van der Waals surface area contributed by atoms with E-state index < -0.39 is 0 Å². The SMILES string of the molecule is C=CCn1nc(C(=O)N2CCCCCC2)c2c1CCC(N(C)C)C2. The fraction of sp³-hybridized carbons (Fsp3) is 0.684. The average Bonchev–Trinajstić information content (AvgIpc) is 2.75. The number of aromatic nitrogens is 2. The normalized spacial score (nSPS) is 21.5. The van der Waals surface area contributed by atoms with Crippen LogP contribution in [0.15, 0.2) is 12.7 Å². The largest absolute Gasteiger partial charge is 0.337 e. The maximum Gasteiger partial charge on any atom is 0.274 e. The molecule has 5 heteroatoms. The lowest BCUT2D eigenvalue weighted by atomic mass is 9.90. The Morgan fingerprint density at radius 2 is 2.00 bits per heavy atom. The zero-order chi connectivity index (χ0) is 17.1. The molecule has 3 rings (SSSR count). The van der Waals surface area contributed by atoms with Gasteiger partial charge in [0.15, 0.2) is 5.69 Å². The highest BCUT2D eigenvalue weighted by molar-refractivity contribution is 5.94. The fourth-order valence-corrected chi connectivity index (χ4v) is 3.98. The van der Waals surface area contributed by atoms with Gasteiger partial charge in [0.1, 0.15) is 0 Å². The van der Waals surface area contributed by atoms with Gasteiger partial charge in [-0.2, -0.15) is 5.10 Å². The monoisotopic (exact) mass is 330 g/mol. The third-order valence-corrected chi connectivity index (χ3v) is 5.45. The van der Waals surface area contributed by atoms with Crippen LogP contribution in [0.1, 0.15) is 53.8 Å². The Morgan fingerprint density at radius 3 is 2.62 bits per heavy atom. The van der Waals surface area contributed by atoms with Crippen molar-refractivity contribution in [3.8, 4) is 0 Å². The van der Waals surface area contributed by atoms with Crippen LogP contribution >= 0.6 is 0 Å². The summed E-state index contributed by atoms with van der Waals surface area (Å²) >= 11 is 0. The van der Waals surface area contributed by atoms with E-state index in [0.717, 1.165) is 45.2 Å². The van der Waals surface area contributed by atoms with Crippen LogP contribution in [0.4, 0.5) is 0 Å². The predicted molar refractivity (Wildman–Crippen MR) is 96.3 cm³/mol. The van der Waals surface area contributed by atoms with Gasteiger partial charge in [-0.25, -0.2) is 0 Å². The second kappa shape index (κ2) is 7.51. The van der Waals surface area contributed by atoms with Crippen molar-refractivity contribution in [2.75, 3.05) is 27.2 Å². The molecule has 1 atom stereocenters. The van der Waals surface area contributed by atoms with Crippen LogP contribution in [0.25, 0.3) is 0 Å². The first-order chi connectivity index (χ1) is 11.6. The number of carbonyl (C=O) groups is 1. The molecule has 0 spiro atoms. The van der Waals surface area contributed by atoms with Gasteiger partial charge < -0.3 is 9.80 Å². The molecule has 2 heterocycles. The molecule has 0 radical (unpaired) electrons. The minimum absolute atomic E-state index is 0.135. The summed E-state index contributed by atoms with van der Waals surface area (Å²) in [6.07, 6.45) is 9.60. The van der Waals surface area contributed by atoms with Crippen molar-refractivity contribution >= 4 is 5.91 Å². The first-order valence-corrected chi connectivity index (χ1v) is 9.27. The minimum Gasteiger partial charge on any atom is -0.337 e. The molecule has 1 aromatic rings. The van der Waals surface area contributed by atoms with Crippen molar-refractivity contribution in [3.63, 3.8) is 0 Å². The molecule has 2 aliphatic rings. The summed E-state index contributed by atoms with van der Waals surface area (Å²) in [5, 5.41) is 4.72. The summed E-state index contributed by atoms with van der Waals surface area (Å²) in [6, 6.07) is 0.495. The van der Waals surface area contributed by atoms with E-state index in [2.05, 4.69) is 25.6 Å². The number of hydrogen-bond acceptors (Lipinski definition) is 3. The second-order valence-electron chi connectivity index (χ2n) is 7.31. The van der Waals surface area contributed by atoms with E-state index >= 15 is 0 Å². The number of fused-ring (bicyclic) bond motifs is 1. The number of hydrogen-bond donors (Lipinski definition) is 0. The van der Waals surface area contributed by atoms with E-state index in [4.69, 9.17) is 5.10 Å². The number of likely N-dealkylation sites (tertiary alicyclic amines) is 1. The van der Waals surface area contributed by atoms with E-state index in [-0.39, 0.29) is 5.91 Å². The molecule has 5 nitrogen and oxygen atoms in total. The zero-order valence-electron chi connectivity index (χ0n) is 15.1. The standard InChI is InChI=1S/C19H30N4O/c1-4-11-23-17-10-9-15(21(2)3)14-16(17)18(20-23)19(24)22-12-7-5-6-8-13-22/h4,15H,1,5-14H2,2-3H3. The summed E-state index contributed by atoms with van der Waals surface area (Å²) in [5.74, 6) is 0.135. The molecule has 24 heavy (non-hydrogen) atoms.